The van der Waals surface area contributed by atoms with Crippen LogP contribution in [0.25, 0.3) is 10.9 Å². The van der Waals surface area contributed by atoms with Crippen LogP contribution in [0.15, 0.2) is 46.9 Å². The van der Waals surface area contributed by atoms with Crippen LogP contribution in [-0.4, -0.2) is 39.0 Å². The summed E-state index contributed by atoms with van der Waals surface area (Å²) in [6, 6.07) is 12.6. The van der Waals surface area contributed by atoms with Crippen LogP contribution in [-0.2, 0) is 22.4 Å². The molecule has 2 aromatic carbocycles. The molecule has 1 heterocycles. The number of aliphatic carboxylic acids is 1. The van der Waals surface area contributed by atoms with Crippen LogP contribution >= 0.6 is 28.6 Å². The van der Waals surface area contributed by atoms with Gasteiger partial charge in [-0.15, -0.1) is 0 Å². The zero-order valence-electron chi connectivity index (χ0n) is 16.1. The molecule has 0 saturated carbocycles. The van der Waals surface area contributed by atoms with Gasteiger partial charge in [-0.2, -0.15) is 17.7 Å². The van der Waals surface area contributed by atoms with E-state index < -0.39 is 17.9 Å². The van der Waals surface area contributed by atoms with E-state index in [9.17, 15) is 14.7 Å². The molecule has 0 radical (unpaired) electrons. The van der Waals surface area contributed by atoms with Gasteiger partial charge in [-0.1, -0.05) is 40.2 Å². The molecule has 3 aromatic rings. The number of H-pyrrole nitrogens is 1. The number of amides is 1. The van der Waals surface area contributed by atoms with Gasteiger partial charge in [0.2, 0.25) is 5.91 Å². The number of rotatable bonds is 7. The first-order chi connectivity index (χ1) is 14.5. The second-order valence-electron chi connectivity index (χ2n) is 7.60. The summed E-state index contributed by atoms with van der Waals surface area (Å²) in [6.07, 6.45) is 1.89. The Bertz CT molecular complexity index is 1100. The van der Waals surface area contributed by atoms with Gasteiger partial charge in [-0.3, -0.25) is 9.89 Å². The molecule has 1 aliphatic rings. The van der Waals surface area contributed by atoms with E-state index in [2.05, 4.69) is 50.1 Å². The zero-order valence-corrected chi connectivity index (χ0v) is 18.6. The molecule has 3 N–H and O–H groups in total. The van der Waals surface area contributed by atoms with E-state index in [1.165, 1.54) is 5.56 Å². The molecular formula is C22H22BrN3O3S. The van der Waals surface area contributed by atoms with E-state index in [0.717, 1.165) is 33.8 Å². The minimum Gasteiger partial charge on any atom is -0.480 e. The third-order valence-corrected chi connectivity index (χ3v) is 6.70. The van der Waals surface area contributed by atoms with E-state index in [0.29, 0.717) is 11.4 Å². The maximum atomic E-state index is 13.1. The van der Waals surface area contributed by atoms with Crippen molar-refractivity contribution in [1.82, 2.24) is 15.5 Å². The van der Waals surface area contributed by atoms with Crippen LogP contribution in [0.5, 0.6) is 0 Å². The zero-order chi connectivity index (χ0) is 21.3. The number of thiol groups is 1. The van der Waals surface area contributed by atoms with Crippen molar-refractivity contribution in [2.24, 2.45) is 5.92 Å². The number of carbonyl (C=O) groups excluding carboxylic acids is 1. The molecule has 0 unspecified atom stereocenters. The maximum absolute atomic E-state index is 13.1. The number of hydrogen-bond acceptors (Lipinski definition) is 4. The Morgan fingerprint density at radius 2 is 2.10 bits per heavy atom. The lowest BCUT2D eigenvalue weighted by atomic mass is 9.87. The van der Waals surface area contributed by atoms with Gasteiger partial charge in [0.15, 0.2) is 0 Å². The third-order valence-electron chi connectivity index (χ3n) is 5.81. The molecular weight excluding hydrogens is 466 g/mol. The standard InChI is InChI=1S/C22H22BrN3O3S/c23-13-6-8-14-12(9-13)5-7-15(14)17(11-30)21(27)24-20(22(28)29)10-19-16-3-1-2-4-18(16)25-26-19/h1-4,6,8-9,15,17,20,30H,5,7,10-11H2,(H,24,27)(H,25,26)(H,28,29)/t15-,17+,20-/m0/s1. The van der Waals surface area contributed by atoms with Gasteiger partial charge in [0.05, 0.1) is 11.4 Å². The highest BCUT2D eigenvalue weighted by atomic mass is 79.9. The van der Waals surface area contributed by atoms with Crippen molar-refractivity contribution in [3.63, 3.8) is 0 Å². The van der Waals surface area contributed by atoms with E-state index in [1.54, 1.807) is 0 Å². The number of hydrogen-bond donors (Lipinski definition) is 4. The lowest BCUT2D eigenvalue weighted by molar-refractivity contribution is -0.142. The van der Waals surface area contributed by atoms with E-state index >= 15 is 0 Å². The number of halogens is 1. The normalized spacial score (nSPS) is 17.5. The highest BCUT2D eigenvalue weighted by molar-refractivity contribution is 9.10. The Morgan fingerprint density at radius 1 is 1.30 bits per heavy atom. The molecule has 0 fully saturated rings. The SMILES string of the molecule is O=C(O)[C@H](Cc1[nH]nc2ccccc12)NC(=O)[C@H](CS)[C@H]1CCc2cc(Br)ccc21. The van der Waals surface area contributed by atoms with Gasteiger partial charge in [0.25, 0.3) is 0 Å². The van der Waals surface area contributed by atoms with Gasteiger partial charge in [0, 0.05) is 27.7 Å². The van der Waals surface area contributed by atoms with Crippen molar-refractivity contribution in [1.29, 1.82) is 0 Å². The van der Waals surface area contributed by atoms with Crippen molar-refractivity contribution in [2.45, 2.75) is 31.2 Å². The predicted octanol–water partition coefficient (Wildman–Crippen LogP) is 3.71. The summed E-state index contributed by atoms with van der Waals surface area (Å²) in [4.78, 5) is 25.0. The highest BCUT2D eigenvalue weighted by Gasteiger charge is 2.35. The fourth-order valence-electron chi connectivity index (χ4n) is 4.28. The molecule has 0 aliphatic heterocycles. The molecule has 156 valence electrons. The number of carboxylic acids is 1. The topological polar surface area (TPSA) is 95.1 Å². The number of benzene rings is 2. The minimum atomic E-state index is -1.07. The number of carboxylic acid groups (broad SMARTS) is 1. The second-order valence-corrected chi connectivity index (χ2v) is 8.88. The highest BCUT2D eigenvalue weighted by Crippen LogP contribution is 2.40. The first-order valence-electron chi connectivity index (χ1n) is 9.82. The van der Waals surface area contributed by atoms with Crippen molar-refractivity contribution < 1.29 is 14.7 Å². The van der Waals surface area contributed by atoms with Crippen LogP contribution < -0.4 is 5.32 Å². The lowest BCUT2D eigenvalue weighted by Crippen LogP contribution is -2.46. The third kappa shape index (κ3) is 4.11. The number of fused-ring (bicyclic) bond motifs is 2. The Hall–Kier alpha value is -2.32. The van der Waals surface area contributed by atoms with Crippen LogP contribution in [0.3, 0.4) is 0 Å². The van der Waals surface area contributed by atoms with Crippen LogP contribution in [0.4, 0.5) is 0 Å². The van der Waals surface area contributed by atoms with Gasteiger partial charge < -0.3 is 10.4 Å². The van der Waals surface area contributed by atoms with Gasteiger partial charge in [0.1, 0.15) is 6.04 Å². The van der Waals surface area contributed by atoms with E-state index in [1.807, 2.05) is 36.4 Å². The van der Waals surface area contributed by atoms with Gasteiger partial charge in [-0.05, 0) is 48.1 Å². The quantitative estimate of drug-likeness (QED) is 0.382. The van der Waals surface area contributed by atoms with Gasteiger partial charge >= 0.3 is 5.97 Å². The number of para-hydroxylation sites is 1. The fraction of sp³-hybridized carbons (Fsp3) is 0.318. The summed E-state index contributed by atoms with van der Waals surface area (Å²) in [5.41, 5.74) is 3.84. The maximum Gasteiger partial charge on any atom is 0.326 e. The van der Waals surface area contributed by atoms with Crippen molar-refractivity contribution in [2.75, 3.05) is 5.75 Å². The summed E-state index contributed by atoms with van der Waals surface area (Å²) in [7, 11) is 0. The summed E-state index contributed by atoms with van der Waals surface area (Å²) >= 11 is 7.91. The summed E-state index contributed by atoms with van der Waals surface area (Å²) in [5.74, 6) is -1.35. The molecule has 0 spiro atoms. The lowest BCUT2D eigenvalue weighted by Gasteiger charge is -2.24. The first kappa shape index (κ1) is 20.9. The molecule has 8 heteroatoms. The average molecular weight is 488 g/mol. The number of aromatic amines is 1. The Balaban J connectivity index is 1.52. The van der Waals surface area contributed by atoms with E-state index in [-0.39, 0.29) is 18.2 Å². The Morgan fingerprint density at radius 3 is 2.87 bits per heavy atom. The number of nitrogens with zero attached hydrogens (tertiary/aromatic N) is 1. The molecule has 1 aromatic heterocycles. The van der Waals surface area contributed by atoms with Gasteiger partial charge in [-0.25, -0.2) is 4.79 Å². The monoisotopic (exact) mass is 487 g/mol. The van der Waals surface area contributed by atoms with Crippen LogP contribution in [0.2, 0.25) is 0 Å². The molecule has 0 bridgehead atoms. The number of aromatic nitrogens is 2. The van der Waals surface area contributed by atoms with Crippen LogP contribution in [0.1, 0.15) is 29.2 Å². The molecule has 4 rings (SSSR count). The molecule has 1 amide bonds. The number of carbonyl (C=O) groups is 2. The smallest absolute Gasteiger partial charge is 0.326 e. The Labute approximate surface area is 188 Å². The molecule has 3 atom stereocenters. The molecule has 30 heavy (non-hydrogen) atoms. The summed E-state index contributed by atoms with van der Waals surface area (Å²) < 4.78 is 1.02. The summed E-state index contributed by atoms with van der Waals surface area (Å²) in [6.45, 7) is 0. The number of aryl methyl sites for hydroxylation is 1. The largest absolute Gasteiger partial charge is 0.480 e. The predicted molar refractivity (Wildman–Crippen MR) is 122 cm³/mol. The van der Waals surface area contributed by atoms with Crippen molar-refractivity contribution >= 4 is 51.3 Å². The minimum absolute atomic E-state index is 0.0352. The fourth-order valence-corrected chi connectivity index (χ4v) is 5.11. The second kappa shape index (κ2) is 8.81. The molecule has 6 nitrogen and oxygen atoms in total. The first-order valence-corrected chi connectivity index (χ1v) is 11.2. The van der Waals surface area contributed by atoms with E-state index in [4.69, 9.17) is 0 Å². The summed E-state index contributed by atoms with van der Waals surface area (Å²) in [5, 5.41) is 20.4. The van der Waals surface area contributed by atoms with Crippen LogP contribution in [0, 0.1) is 5.92 Å². The van der Waals surface area contributed by atoms with Crippen molar-refractivity contribution in [3.05, 3.63) is 63.8 Å². The van der Waals surface area contributed by atoms with Crippen molar-refractivity contribution in [3.8, 4) is 0 Å². The molecule has 0 saturated heterocycles. The Kier molecular flexibility index (Phi) is 6.15. The number of nitrogens with one attached hydrogen (secondary N) is 2. The molecule has 1 aliphatic carbocycles. The average Bonchev–Trinajstić information content (AvgIpc) is 3.32.